The number of carbonyl (C=O) groups excluding carboxylic acids is 1. The van der Waals surface area contributed by atoms with E-state index in [4.69, 9.17) is 4.52 Å². The Morgan fingerprint density at radius 1 is 1.00 bits per heavy atom. The first-order valence-corrected chi connectivity index (χ1v) is 10.9. The molecule has 30 heavy (non-hydrogen) atoms. The van der Waals surface area contributed by atoms with E-state index >= 15 is 0 Å². The van der Waals surface area contributed by atoms with Gasteiger partial charge in [-0.25, -0.2) is 8.42 Å². The molecule has 158 valence electrons. The predicted octanol–water partition coefficient (Wildman–Crippen LogP) is 3.45. The molecule has 1 heterocycles. The zero-order valence-corrected chi connectivity index (χ0v) is 18.3. The van der Waals surface area contributed by atoms with E-state index in [1.165, 1.54) is 7.05 Å². The molecule has 1 amide bonds. The number of rotatable bonds is 7. The Morgan fingerprint density at radius 3 is 2.20 bits per heavy atom. The van der Waals surface area contributed by atoms with Crippen LogP contribution in [0.2, 0.25) is 0 Å². The first-order valence-electron chi connectivity index (χ1n) is 9.50. The quantitative estimate of drug-likeness (QED) is 0.577. The molecule has 3 rings (SSSR count). The molecule has 0 unspecified atom stereocenters. The van der Waals surface area contributed by atoms with Crippen LogP contribution in [0.3, 0.4) is 0 Å². The Kier molecular flexibility index (Phi) is 6.38. The lowest BCUT2D eigenvalue weighted by Gasteiger charge is -2.25. The summed E-state index contributed by atoms with van der Waals surface area (Å²) in [7, 11) is -2.38. The molecule has 0 saturated carbocycles. The summed E-state index contributed by atoms with van der Waals surface area (Å²) >= 11 is 0. The number of anilines is 1. The number of sulfonamides is 1. The van der Waals surface area contributed by atoms with Gasteiger partial charge in [0, 0.05) is 18.3 Å². The summed E-state index contributed by atoms with van der Waals surface area (Å²) in [5.74, 6) is 0.279. The second-order valence-electron chi connectivity index (χ2n) is 7.19. The average molecular weight is 428 g/mol. The molecule has 0 aliphatic rings. The molecule has 0 spiro atoms. The third-order valence-corrected chi connectivity index (χ3v) is 6.77. The molecule has 1 aromatic heterocycles. The first kappa shape index (κ1) is 21.7. The lowest BCUT2D eigenvalue weighted by atomic mass is 10.1. The maximum Gasteiger partial charge on any atom is 0.243 e. The molecule has 2 aromatic carbocycles. The number of para-hydroxylation sites is 1. The summed E-state index contributed by atoms with van der Waals surface area (Å²) in [6, 6.07) is 15.7. The maximum atomic E-state index is 13.2. The van der Waals surface area contributed by atoms with E-state index in [1.807, 2.05) is 44.2 Å². The van der Waals surface area contributed by atoms with Gasteiger partial charge in [0.1, 0.15) is 5.76 Å². The molecule has 0 bridgehead atoms. The van der Waals surface area contributed by atoms with Crippen LogP contribution in [0.15, 0.2) is 64.0 Å². The van der Waals surface area contributed by atoms with Gasteiger partial charge in [0.15, 0.2) is 0 Å². The molecule has 0 N–H and O–H groups in total. The van der Waals surface area contributed by atoms with Crippen molar-refractivity contribution in [3.05, 3.63) is 77.2 Å². The van der Waals surface area contributed by atoms with Crippen LogP contribution in [0.5, 0.6) is 0 Å². The van der Waals surface area contributed by atoms with Crippen molar-refractivity contribution in [2.24, 2.45) is 0 Å². The van der Waals surface area contributed by atoms with Crippen molar-refractivity contribution in [1.82, 2.24) is 9.46 Å². The van der Waals surface area contributed by atoms with E-state index in [9.17, 15) is 13.2 Å². The number of hydrogen-bond acceptors (Lipinski definition) is 5. The number of carbonyl (C=O) groups is 1. The number of amides is 1. The fourth-order valence-electron chi connectivity index (χ4n) is 3.07. The minimum absolute atomic E-state index is 0.153. The number of nitrogens with zero attached hydrogens (tertiary/aromatic N) is 3. The van der Waals surface area contributed by atoms with Gasteiger partial charge in [-0.2, -0.15) is 4.31 Å². The third-order valence-electron chi connectivity index (χ3n) is 4.95. The third kappa shape index (κ3) is 4.60. The Morgan fingerprint density at radius 2 is 1.63 bits per heavy atom. The molecule has 0 atom stereocenters. The van der Waals surface area contributed by atoms with Crippen molar-refractivity contribution in [2.45, 2.75) is 32.2 Å². The Labute approximate surface area is 177 Å². The fourth-order valence-corrected chi connectivity index (χ4v) is 4.19. The molecule has 3 aromatic rings. The van der Waals surface area contributed by atoms with Crippen LogP contribution in [0.4, 0.5) is 5.69 Å². The molecule has 0 fully saturated rings. The zero-order valence-electron chi connectivity index (χ0n) is 17.5. The summed E-state index contributed by atoms with van der Waals surface area (Å²) in [6.07, 6.45) is 0. The molecule has 0 aliphatic carbocycles. The largest absolute Gasteiger partial charge is 0.361 e. The average Bonchev–Trinajstić information content (AvgIpc) is 3.04. The van der Waals surface area contributed by atoms with E-state index in [0.717, 1.165) is 15.4 Å². The Bertz CT molecular complexity index is 1100. The van der Waals surface area contributed by atoms with E-state index in [0.29, 0.717) is 17.1 Å². The fraction of sp³-hybridized carbons (Fsp3) is 0.273. The second-order valence-corrected chi connectivity index (χ2v) is 9.24. The molecule has 0 radical (unpaired) electrons. The highest BCUT2D eigenvalue weighted by Crippen LogP contribution is 2.22. The number of aromatic nitrogens is 1. The van der Waals surface area contributed by atoms with Crippen molar-refractivity contribution in [1.29, 1.82) is 0 Å². The van der Waals surface area contributed by atoms with Crippen LogP contribution in [-0.2, 0) is 21.4 Å². The Hall–Kier alpha value is -2.97. The van der Waals surface area contributed by atoms with E-state index in [-0.39, 0.29) is 23.9 Å². The molecule has 0 saturated heterocycles. The highest BCUT2D eigenvalue weighted by atomic mass is 32.2. The molecule has 7 nitrogen and oxygen atoms in total. The van der Waals surface area contributed by atoms with Gasteiger partial charge in [-0.1, -0.05) is 41.1 Å². The molecular weight excluding hydrogens is 402 g/mol. The topological polar surface area (TPSA) is 83.7 Å². The van der Waals surface area contributed by atoms with Crippen molar-refractivity contribution < 1.29 is 17.7 Å². The molecule has 8 heteroatoms. The lowest BCUT2D eigenvalue weighted by Crippen LogP contribution is -2.41. The maximum absolute atomic E-state index is 13.2. The number of likely N-dealkylation sites (N-methyl/N-ethyl adjacent to an activating group) is 1. The first-order chi connectivity index (χ1) is 14.2. The van der Waals surface area contributed by atoms with Crippen LogP contribution < -0.4 is 4.90 Å². The van der Waals surface area contributed by atoms with Crippen molar-refractivity contribution in [3.63, 3.8) is 0 Å². The highest BCUT2D eigenvalue weighted by Gasteiger charge is 2.27. The van der Waals surface area contributed by atoms with Crippen LogP contribution in [0.1, 0.15) is 22.6 Å². The normalized spacial score (nSPS) is 11.6. The van der Waals surface area contributed by atoms with Gasteiger partial charge in [0.25, 0.3) is 0 Å². The summed E-state index contributed by atoms with van der Waals surface area (Å²) in [6.45, 7) is 5.43. The van der Waals surface area contributed by atoms with Gasteiger partial charge in [-0.15, -0.1) is 0 Å². The van der Waals surface area contributed by atoms with Gasteiger partial charge in [-0.3, -0.25) is 4.79 Å². The minimum atomic E-state index is -3.79. The van der Waals surface area contributed by atoms with Gasteiger partial charge < -0.3 is 9.42 Å². The SMILES string of the molecule is Cc1ccc(S(=O)(=O)N(C)CC(=O)N(Cc2c(C)noc2C)c2ccccc2)cc1. The van der Waals surface area contributed by atoms with Gasteiger partial charge >= 0.3 is 0 Å². The lowest BCUT2D eigenvalue weighted by molar-refractivity contribution is -0.118. The monoisotopic (exact) mass is 427 g/mol. The summed E-state index contributed by atoms with van der Waals surface area (Å²) < 4.78 is 32.1. The van der Waals surface area contributed by atoms with E-state index in [2.05, 4.69) is 5.16 Å². The Balaban J connectivity index is 1.87. The van der Waals surface area contributed by atoms with Gasteiger partial charge in [0.2, 0.25) is 15.9 Å². The van der Waals surface area contributed by atoms with E-state index in [1.54, 1.807) is 36.1 Å². The van der Waals surface area contributed by atoms with E-state index < -0.39 is 10.0 Å². The van der Waals surface area contributed by atoms with Crippen molar-refractivity contribution >= 4 is 21.6 Å². The van der Waals surface area contributed by atoms with Gasteiger partial charge in [-0.05, 0) is 45.0 Å². The van der Waals surface area contributed by atoms with Crippen LogP contribution in [0, 0.1) is 20.8 Å². The van der Waals surface area contributed by atoms with Crippen LogP contribution >= 0.6 is 0 Å². The van der Waals surface area contributed by atoms with Crippen LogP contribution in [0.25, 0.3) is 0 Å². The summed E-state index contributed by atoms with van der Waals surface area (Å²) in [4.78, 5) is 14.9. The van der Waals surface area contributed by atoms with Gasteiger partial charge in [0.05, 0.1) is 23.7 Å². The number of hydrogen-bond donors (Lipinski definition) is 0. The second kappa shape index (κ2) is 8.81. The van der Waals surface area contributed by atoms with Crippen LogP contribution in [-0.4, -0.2) is 37.4 Å². The number of benzene rings is 2. The highest BCUT2D eigenvalue weighted by molar-refractivity contribution is 7.89. The predicted molar refractivity (Wildman–Crippen MR) is 115 cm³/mol. The summed E-state index contributed by atoms with van der Waals surface area (Å²) in [5, 5.41) is 3.95. The smallest absolute Gasteiger partial charge is 0.243 e. The van der Waals surface area contributed by atoms with Crippen molar-refractivity contribution in [3.8, 4) is 0 Å². The standard InChI is InChI=1S/C22H25N3O4S/c1-16-10-12-20(13-11-16)30(27,28)24(4)15-22(26)25(19-8-6-5-7-9-19)14-21-17(2)23-29-18(21)3/h5-13H,14-15H2,1-4H3. The molecular formula is C22H25N3O4S. The molecule has 0 aliphatic heterocycles. The minimum Gasteiger partial charge on any atom is -0.361 e. The number of aryl methyl sites for hydroxylation is 3. The zero-order chi connectivity index (χ0) is 21.9. The van der Waals surface area contributed by atoms with Crippen molar-refractivity contribution in [2.75, 3.05) is 18.5 Å². The summed E-state index contributed by atoms with van der Waals surface area (Å²) in [5.41, 5.74) is 3.13.